The van der Waals surface area contributed by atoms with Crippen molar-refractivity contribution in [3.63, 3.8) is 0 Å². The van der Waals surface area contributed by atoms with Crippen molar-refractivity contribution in [2.24, 2.45) is 0 Å². The van der Waals surface area contributed by atoms with Crippen LogP contribution in [0, 0.1) is 34.0 Å². The highest BCUT2D eigenvalue weighted by molar-refractivity contribution is 6.11. The molecule has 9 aromatic rings. The van der Waals surface area contributed by atoms with E-state index in [2.05, 4.69) is 106 Å². The molecule has 2 aromatic heterocycles. The highest BCUT2D eigenvalue weighted by atomic mass is 15.0. The Morgan fingerprint density at radius 3 is 1.52 bits per heavy atom. The van der Waals surface area contributed by atoms with Crippen molar-refractivity contribution in [1.29, 1.82) is 15.8 Å². The second-order valence-corrected chi connectivity index (χ2v) is 12.3. The van der Waals surface area contributed by atoms with E-state index >= 15 is 0 Å². The van der Waals surface area contributed by atoms with Gasteiger partial charge in [-0.2, -0.15) is 15.8 Å². The predicted molar refractivity (Wildman–Crippen MR) is 200 cm³/mol. The van der Waals surface area contributed by atoms with Crippen molar-refractivity contribution in [3.8, 4) is 51.8 Å². The van der Waals surface area contributed by atoms with Crippen molar-refractivity contribution >= 4 is 43.6 Å². The number of hydrogen-bond acceptors (Lipinski definition) is 3. The number of para-hydroxylation sites is 3. The number of benzene rings is 7. The van der Waals surface area contributed by atoms with E-state index in [1.807, 2.05) is 72.8 Å². The highest BCUT2D eigenvalue weighted by Crippen LogP contribution is 2.42. The molecule has 0 spiro atoms. The SMILES string of the molecule is N#Cc1ccc(-c2ccccc2-c2cc(-n3c4ccccc4c4ccccc43)ccc2C#N)c(-n2c3ccccc3c3cc(C#N)ccc32)c1. The maximum atomic E-state index is 10.4. The molecule has 0 bridgehead atoms. The van der Waals surface area contributed by atoms with Crippen LogP contribution in [0.4, 0.5) is 0 Å². The maximum absolute atomic E-state index is 10.4. The van der Waals surface area contributed by atoms with Gasteiger partial charge in [0.05, 0.1) is 62.7 Å². The summed E-state index contributed by atoms with van der Waals surface area (Å²) in [7, 11) is 0. The standard InChI is InChI=1S/C45H25N5/c46-26-29-18-22-44-40(23-29)37-13-5-8-16-43(37)50(44)45-24-30(27-47)17-21-38(45)33-9-1-2-10-34(33)39-25-32(20-19-31(39)28-48)49-41-14-6-3-11-35(41)36-12-4-7-15-42(36)49/h1-25H. The summed E-state index contributed by atoms with van der Waals surface area (Å²) in [6.45, 7) is 0. The zero-order chi connectivity index (χ0) is 33.8. The third-order valence-corrected chi connectivity index (χ3v) is 9.64. The van der Waals surface area contributed by atoms with Crippen LogP contribution in [0.25, 0.3) is 77.2 Å². The van der Waals surface area contributed by atoms with Crippen LogP contribution in [0.15, 0.2) is 152 Å². The molecule has 0 aliphatic carbocycles. The normalized spacial score (nSPS) is 11.1. The summed E-state index contributed by atoms with van der Waals surface area (Å²) in [6.07, 6.45) is 0. The van der Waals surface area contributed by atoms with Gasteiger partial charge in [-0.15, -0.1) is 0 Å². The van der Waals surface area contributed by atoms with Gasteiger partial charge < -0.3 is 9.13 Å². The molecule has 50 heavy (non-hydrogen) atoms. The summed E-state index contributed by atoms with van der Waals surface area (Å²) in [5.41, 5.74) is 11.2. The van der Waals surface area contributed by atoms with E-state index in [-0.39, 0.29) is 0 Å². The average molecular weight is 636 g/mol. The van der Waals surface area contributed by atoms with Gasteiger partial charge in [0, 0.05) is 38.4 Å². The smallest absolute Gasteiger partial charge is 0.0998 e. The van der Waals surface area contributed by atoms with Crippen molar-refractivity contribution in [2.45, 2.75) is 0 Å². The second-order valence-electron chi connectivity index (χ2n) is 12.3. The Hall–Kier alpha value is -7.39. The molecule has 0 saturated carbocycles. The van der Waals surface area contributed by atoms with Crippen LogP contribution in [0.1, 0.15) is 16.7 Å². The summed E-state index contributed by atoms with van der Waals surface area (Å²) < 4.78 is 4.44. The molecule has 0 atom stereocenters. The Morgan fingerprint density at radius 1 is 0.360 bits per heavy atom. The largest absolute Gasteiger partial charge is 0.309 e. The minimum absolute atomic E-state index is 0.534. The molecule has 5 heteroatoms. The van der Waals surface area contributed by atoms with Crippen LogP contribution in [0.2, 0.25) is 0 Å². The minimum atomic E-state index is 0.534. The first-order valence-electron chi connectivity index (χ1n) is 16.3. The number of nitrogens with zero attached hydrogens (tertiary/aromatic N) is 5. The Balaban J connectivity index is 1.32. The van der Waals surface area contributed by atoms with Crippen molar-refractivity contribution in [3.05, 3.63) is 168 Å². The lowest BCUT2D eigenvalue weighted by Gasteiger charge is -2.18. The van der Waals surface area contributed by atoms with E-state index in [4.69, 9.17) is 0 Å². The minimum Gasteiger partial charge on any atom is -0.309 e. The monoisotopic (exact) mass is 635 g/mol. The number of nitriles is 3. The maximum Gasteiger partial charge on any atom is 0.0998 e. The van der Waals surface area contributed by atoms with Crippen LogP contribution in [-0.4, -0.2) is 9.13 Å². The number of rotatable bonds is 4. The lowest BCUT2D eigenvalue weighted by molar-refractivity contribution is 1.18. The average Bonchev–Trinajstić information content (AvgIpc) is 3.70. The summed E-state index contributed by atoms with van der Waals surface area (Å²) >= 11 is 0. The second kappa shape index (κ2) is 11.4. The van der Waals surface area contributed by atoms with Crippen molar-refractivity contribution < 1.29 is 0 Å². The topological polar surface area (TPSA) is 81.2 Å². The van der Waals surface area contributed by atoms with Gasteiger partial charge in [0.25, 0.3) is 0 Å². The fourth-order valence-corrected chi connectivity index (χ4v) is 7.46. The molecule has 2 heterocycles. The molecular formula is C45H25N5. The molecule has 0 N–H and O–H groups in total. The third-order valence-electron chi connectivity index (χ3n) is 9.64. The predicted octanol–water partition coefficient (Wildman–Crippen LogP) is 10.8. The van der Waals surface area contributed by atoms with Crippen LogP contribution in [0.5, 0.6) is 0 Å². The summed E-state index contributed by atoms with van der Waals surface area (Å²) in [4.78, 5) is 0. The first-order chi connectivity index (χ1) is 24.7. The molecule has 0 fully saturated rings. The molecule has 0 saturated heterocycles. The Kier molecular flexibility index (Phi) is 6.56. The molecule has 0 radical (unpaired) electrons. The van der Waals surface area contributed by atoms with E-state index < -0.39 is 0 Å². The Morgan fingerprint density at radius 2 is 0.880 bits per heavy atom. The molecule has 9 rings (SSSR count). The zero-order valence-corrected chi connectivity index (χ0v) is 26.7. The number of fused-ring (bicyclic) bond motifs is 6. The van der Waals surface area contributed by atoms with Gasteiger partial charge in [0.2, 0.25) is 0 Å². The first kappa shape index (κ1) is 28.8. The van der Waals surface area contributed by atoms with Crippen LogP contribution >= 0.6 is 0 Å². The summed E-state index contributed by atoms with van der Waals surface area (Å²) in [6, 6.07) is 57.7. The summed E-state index contributed by atoms with van der Waals surface area (Å²) in [5, 5.41) is 34.5. The van der Waals surface area contributed by atoms with Crippen molar-refractivity contribution in [2.75, 3.05) is 0 Å². The van der Waals surface area contributed by atoms with E-state index in [9.17, 15) is 15.8 Å². The molecule has 0 aliphatic rings. The fourth-order valence-electron chi connectivity index (χ4n) is 7.46. The molecule has 0 unspecified atom stereocenters. The first-order valence-corrected chi connectivity index (χ1v) is 16.3. The van der Waals surface area contributed by atoms with E-state index in [0.29, 0.717) is 16.7 Å². The molecule has 230 valence electrons. The third kappa shape index (κ3) is 4.31. The summed E-state index contributed by atoms with van der Waals surface area (Å²) in [5.74, 6) is 0. The number of aromatic nitrogens is 2. The molecular weight excluding hydrogens is 611 g/mol. The van der Waals surface area contributed by atoms with Gasteiger partial charge in [0.1, 0.15) is 0 Å². The van der Waals surface area contributed by atoms with E-state index in [1.165, 1.54) is 10.8 Å². The Bertz CT molecular complexity index is 2920. The van der Waals surface area contributed by atoms with Gasteiger partial charge in [0.15, 0.2) is 0 Å². The zero-order valence-electron chi connectivity index (χ0n) is 26.7. The molecule has 0 aliphatic heterocycles. The molecule has 5 nitrogen and oxygen atoms in total. The highest BCUT2D eigenvalue weighted by Gasteiger charge is 2.21. The van der Waals surface area contributed by atoms with Gasteiger partial charge in [-0.05, 0) is 77.9 Å². The van der Waals surface area contributed by atoms with Crippen LogP contribution in [-0.2, 0) is 0 Å². The van der Waals surface area contributed by atoms with Crippen molar-refractivity contribution in [1.82, 2.24) is 9.13 Å². The van der Waals surface area contributed by atoms with E-state index in [0.717, 1.165) is 66.5 Å². The van der Waals surface area contributed by atoms with E-state index in [1.54, 1.807) is 0 Å². The van der Waals surface area contributed by atoms with Gasteiger partial charge in [-0.25, -0.2) is 0 Å². The Labute approximate surface area is 287 Å². The number of hydrogen-bond donors (Lipinski definition) is 0. The molecule has 7 aromatic carbocycles. The molecule has 0 amide bonds. The van der Waals surface area contributed by atoms with Crippen LogP contribution in [0.3, 0.4) is 0 Å². The lowest BCUT2D eigenvalue weighted by Crippen LogP contribution is -2.00. The van der Waals surface area contributed by atoms with Crippen LogP contribution < -0.4 is 0 Å². The lowest BCUT2D eigenvalue weighted by atomic mass is 9.90. The quantitative estimate of drug-likeness (QED) is 0.193. The van der Waals surface area contributed by atoms with Gasteiger partial charge in [-0.1, -0.05) is 84.9 Å². The van der Waals surface area contributed by atoms with Gasteiger partial charge in [-0.3, -0.25) is 0 Å². The van der Waals surface area contributed by atoms with Gasteiger partial charge >= 0.3 is 0 Å². The fraction of sp³-hybridized carbons (Fsp3) is 0.